The minimum absolute atomic E-state index is 0.0436. The van der Waals surface area contributed by atoms with Crippen molar-refractivity contribution in [3.8, 4) is 0 Å². The van der Waals surface area contributed by atoms with Crippen LogP contribution in [0.1, 0.15) is 12.2 Å². The Balaban J connectivity index is 2.58. The van der Waals surface area contributed by atoms with Gasteiger partial charge in [-0.25, -0.2) is 13.4 Å². The van der Waals surface area contributed by atoms with Crippen LogP contribution in [0.3, 0.4) is 0 Å². The lowest BCUT2D eigenvalue weighted by molar-refractivity contribution is -0.136. The van der Waals surface area contributed by atoms with Crippen LogP contribution in [0.4, 0.5) is 0 Å². The zero-order valence-corrected chi connectivity index (χ0v) is 9.44. The first-order chi connectivity index (χ1) is 7.42. The molecular weight excluding hydrogens is 236 g/mol. The Labute approximate surface area is 92.3 Å². The molecule has 0 aliphatic heterocycles. The lowest BCUT2D eigenvalue weighted by atomic mass is 10.5. The molecule has 0 saturated heterocycles. The smallest absolute Gasteiger partial charge is 0.304 e. The number of sulfonamides is 1. The van der Waals surface area contributed by atoms with Crippen molar-refractivity contribution in [2.24, 2.45) is 0 Å². The number of carboxylic acids is 1. The summed E-state index contributed by atoms with van der Waals surface area (Å²) in [5.74, 6) is -1.16. The third kappa shape index (κ3) is 3.59. The lowest BCUT2D eigenvalue weighted by Crippen LogP contribution is -2.30. The third-order valence-electron chi connectivity index (χ3n) is 1.89. The third-order valence-corrected chi connectivity index (χ3v) is 3.68. The fourth-order valence-electron chi connectivity index (χ4n) is 0.988. The van der Waals surface area contributed by atoms with E-state index in [1.165, 1.54) is 13.4 Å². The molecule has 0 aromatic carbocycles. The Kier molecular flexibility index (Phi) is 3.96. The highest BCUT2D eigenvalue weighted by Crippen LogP contribution is 2.04. The Morgan fingerprint density at radius 3 is 2.81 bits per heavy atom. The number of hydrogen-bond acceptors (Lipinski definition) is 5. The molecule has 0 saturated carbocycles. The summed E-state index contributed by atoms with van der Waals surface area (Å²) in [5.41, 5.74) is 0. The molecule has 1 rings (SSSR count). The summed E-state index contributed by atoms with van der Waals surface area (Å²) in [4.78, 5) is 14.0. The number of nitrogens with zero attached hydrogens (tertiary/aromatic N) is 3. The number of hydrogen-bond donors (Lipinski definition) is 2. The van der Waals surface area contributed by atoms with Gasteiger partial charge in [0.15, 0.2) is 0 Å². The van der Waals surface area contributed by atoms with Gasteiger partial charge >= 0.3 is 5.97 Å². The number of carbonyl (C=O) groups is 1. The van der Waals surface area contributed by atoms with Crippen LogP contribution in [-0.2, 0) is 21.4 Å². The summed E-state index contributed by atoms with van der Waals surface area (Å²) >= 11 is 0. The van der Waals surface area contributed by atoms with Gasteiger partial charge in [0.2, 0.25) is 10.0 Å². The number of aliphatic carboxylic acids is 1. The van der Waals surface area contributed by atoms with Crippen molar-refractivity contribution in [2.45, 2.75) is 13.0 Å². The molecule has 0 amide bonds. The van der Waals surface area contributed by atoms with E-state index < -0.39 is 28.2 Å². The number of aromatic amines is 1. The van der Waals surface area contributed by atoms with E-state index in [1.54, 1.807) is 0 Å². The molecule has 0 bridgehead atoms. The molecule has 0 radical (unpaired) electrons. The van der Waals surface area contributed by atoms with Gasteiger partial charge in [0, 0.05) is 7.05 Å². The van der Waals surface area contributed by atoms with Gasteiger partial charge in [-0.05, 0) is 0 Å². The predicted octanol–water partition coefficient (Wildman–Crippen LogP) is -0.959. The molecule has 9 heteroatoms. The molecule has 1 aromatic heterocycles. The maximum atomic E-state index is 11.6. The van der Waals surface area contributed by atoms with Gasteiger partial charge in [-0.15, -0.1) is 0 Å². The first kappa shape index (κ1) is 12.6. The molecule has 0 aliphatic carbocycles. The maximum Gasteiger partial charge on any atom is 0.304 e. The lowest BCUT2D eigenvalue weighted by Gasteiger charge is -2.14. The fraction of sp³-hybridized carbons (Fsp3) is 0.571. The van der Waals surface area contributed by atoms with Crippen LogP contribution in [0, 0.1) is 0 Å². The van der Waals surface area contributed by atoms with Crippen molar-refractivity contribution in [1.82, 2.24) is 19.5 Å². The van der Waals surface area contributed by atoms with Gasteiger partial charge in [-0.2, -0.15) is 9.40 Å². The highest BCUT2D eigenvalue weighted by Gasteiger charge is 2.20. The van der Waals surface area contributed by atoms with E-state index in [0.29, 0.717) is 5.82 Å². The van der Waals surface area contributed by atoms with Crippen molar-refractivity contribution in [3.05, 3.63) is 12.2 Å². The van der Waals surface area contributed by atoms with E-state index in [0.717, 1.165) is 4.31 Å². The van der Waals surface area contributed by atoms with E-state index in [9.17, 15) is 13.2 Å². The summed E-state index contributed by atoms with van der Waals surface area (Å²) in [6.07, 6.45) is 0.857. The maximum absolute atomic E-state index is 11.6. The monoisotopic (exact) mass is 248 g/mol. The van der Waals surface area contributed by atoms with Gasteiger partial charge in [0.25, 0.3) is 0 Å². The van der Waals surface area contributed by atoms with Gasteiger partial charge < -0.3 is 5.11 Å². The molecule has 0 atom stereocenters. The number of rotatable bonds is 6. The second kappa shape index (κ2) is 5.03. The van der Waals surface area contributed by atoms with Gasteiger partial charge in [-0.3, -0.25) is 9.89 Å². The van der Waals surface area contributed by atoms with Crippen LogP contribution >= 0.6 is 0 Å². The first-order valence-corrected chi connectivity index (χ1v) is 6.03. The van der Waals surface area contributed by atoms with Crippen molar-refractivity contribution >= 4 is 16.0 Å². The van der Waals surface area contributed by atoms with Crippen LogP contribution in [0.2, 0.25) is 0 Å². The number of aromatic nitrogens is 3. The van der Waals surface area contributed by atoms with E-state index in [1.807, 2.05) is 0 Å². The average Bonchev–Trinajstić information content (AvgIpc) is 2.67. The highest BCUT2D eigenvalue weighted by molar-refractivity contribution is 7.89. The predicted molar refractivity (Wildman–Crippen MR) is 53.9 cm³/mol. The Morgan fingerprint density at radius 1 is 1.62 bits per heavy atom. The summed E-state index contributed by atoms with van der Waals surface area (Å²) in [6, 6.07) is 0. The summed E-state index contributed by atoms with van der Waals surface area (Å²) in [7, 11) is -2.21. The van der Waals surface area contributed by atoms with Gasteiger partial charge in [0.05, 0.1) is 18.7 Å². The largest absolute Gasteiger partial charge is 0.481 e. The molecule has 0 aliphatic rings. The SMILES string of the molecule is CN(Cc1ncn[nH]1)S(=O)(=O)CCC(=O)O. The molecule has 0 fully saturated rings. The van der Waals surface area contributed by atoms with Crippen LogP contribution in [0.25, 0.3) is 0 Å². The normalized spacial score (nSPS) is 11.9. The summed E-state index contributed by atoms with van der Waals surface area (Å²) in [6.45, 7) is 0.0436. The van der Waals surface area contributed by atoms with Crippen LogP contribution in [0.15, 0.2) is 6.33 Å². The molecule has 90 valence electrons. The fourth-order valence-corrected chi connectivity index (χ4v) is 2.05. The summed E-state index contributed by atoms with van der Waals surface area (Å²) in [5, 5.41) is 14.5. The van der Waals surface area contributed by atoms with E-state index in [-0.39, 0.29) is 6.54 Å². The molecule has 8 nitrogen and oxygen atoms in total. The standard InChI is InChI=1S/C7H12N4O4S/c1-11(4-6-8-5-9-10-6)16(14,15)3-2-7(12)13/h5H,2-4H2,1H3,(H,12,13)(H,8,9,10). The minimum atomic E-state index is -3.57. The van der Waals surface area contributed by atoms with Crippen LogP contribution < -0.4 is 0 Å². The molecule has 16 heavy (non-hydrogen) atoms. The number of H-pyrrole nitrogens is 1. The van der Waals surface area contributed by atoms with Crippen molar-refractivity contribution in [1.29, 1.82) is 0 Å². The zero-order chi connectivity index (χ0) is 12.2. The highest BCUT2D eigenvalue weighted by atomic mass is 32.2. The second-order valence-electron chi connectivity index (χ2n) is 3.15. The Morgan fingerprint density at radius 2 is 2.31 bits per heavy atom. The van der Waals surface area contributed by atoms with Gasteiger partial charge in [0.1, 0.15) is 12.2 Å². The number of nitrogens with one attached hydrogen (secondary N) is 1. The van der Waals surface area contributed by atoms with Gasteiger partial charge in [-0.1, -0.05) is 0 Å². The quantitative estimate of drug-likeness (QED) is 0.669. The molecular formula is C7H12N4O4S. The van der Waals surface area contributed by atoms with E-state index >= 15 is 0 Å². The molecule has 0 spiro atoms. The molecule has 1 heterocycles. The first-order valence-electron chi connectivity index (χ1n) is 4.42. The van der Waals surface area contributed by atoms with Crippen molar-refractivity contribution in [2.75, 3.05) is 12.8 Å². The second-order valence-corrected chi connectivity index (χ2v) is 5.34. The average molecular weight is 248 g/mol. The molecule has 1 aromatic rings. The number of carboxylic acid groups (broad SMARTS) is 1. The van der Waals surface area contributed by atoms with E-state index in [2.05, 4.69) is 15.2 Å². The molecule has 2 N–H and O–H groups in total. The minimum Gasteiger partial charge on any atom is -0.481 e. The molecule has 0 unspecified atom stereocenters. The van der Waals surface area contributed by atoms with Crippen LogP contribution in [-0.4, -0.2) is 51.8 Å². The topological polar surface area (TPSA) is 116 Å². The van der Waals surface area contributed by atoms with Crippen LogP contribution in [0.5, 0.6) is 0 Å². The zero-order valence-electron chi connectivity index (χ0n) is 8.62. The Hall–Kier alpha value is -1.48. The van der Waals surface area contributed by atoms with Crippen molar-refractivity contribution < 1.29 is 18.3 Å². The van der Waals surface area contributed by atoms with Crippen molar-refractivity contribution in [3.63, 3.8) is 0 Å². The van der Waals surface area contributed by atoms with E-state index in [4.69, 9.17) is 5.11 Å². The summed E-state index contributed by atoms with van der Waals surface area (Å²) < 4.78 is 24.2. The Bertz CT molecular complexity index is 441.